The molecule has 1 aromatic heterocycles. The molecule has 2 amide bonds. The first-order valence-electron chi connectivity index (χ1n) is 11.8. The highest BCUT2D eigenvalue weighted by Gasteiger charge is 2.66. The van der Waals surface area contributed by atoms with E-state index in [0.29, 0.717) is 5.56 Å². The number of hydrogen-bond donors (Lipinski definition) is 3. The molecule has 0 unspecified atom stereocenters. The van der Waals surface area contributed by atoms with E-state index in [4.69, 9.17) is 15.2 Å². The number of aliphatic hydroxyl groups excluding tert-OH is 1. The van der Waals surface area contributed by atoms with Crippen LogP contribution in [0.25, 0.3) is 0 Å². The Labute approximate surface area is 214 Å². The number of nitrogens with one attached hydrogen (secondary N) is 1. The van der Waals surface area contributed by atoms with Crippen LogP contribution < -0.4 is 15.8 Å². The summed E-state index contributed by atoms with van der Waals surface area (Å²) in [6.45, 7) is 3.52. The molecule has 4 N–H and O–H groups in total. The van der Waals surface area contributed by atoms with Gasteiger partial charge in [-0.3, -0.25) is 14.6 Å². The van der Waals surface area contributed by atoms with Crippen molar-refractivity contribution in [3.63, 3.8) is 0 Å². The molecule has 2 fully saturated rings. The van der Waals surface area contributed by atoms with Gasteiger partial charge in [0.15, 0.2) is 17.2 Å². The summed E-state index contributed by atoms with van der Waals surface area (Å²) in [6.07, 6.45) is -6.64. The lowest BCUT2D eigenvalue weighted by atomic mass is 9.76. The van der Waals surface area contributed by atoms with Gasteiger partial charge in [0.1, 0.15) is 17.9 Å². The molecule has 38 heavy (non-hydrogen) atoms. The molecule has 1 aliphatic heterocycles. The second-order valence-electron chi connectivity index (χ2n) is 9.84. The number of pyridine rings is 1. The van der Waals surface area contributed by atoms with Crippen molar-refractivity contribution in [1.29, 1.82) is 0 Å². The van der Waals surface area contributed by atoms with Crippen molar-refractivity contribution < 1.29 is 46.1 Å². The van der Waals surface area contributed by atoms with E-state index in [1.165, 1.54) is 26.1 Å². The summed E-state index contributed by atoms with van der Waals surface area (Å²) >= 11 is 0. The zero-order valence-electron chi connectivity index (χ0n) is 20.6. The van der Waals surface area contributed by atoms with Crippen LogP contribution in [-0.2, 0) is 9.53 Å². The highest BCUT2D eigenvalue weighted by molar-refractivity contribution is 5.98. The van der Waals surface area contributed by atoms with Crippen LogP contribution in [0.2, 0.25) is 0 Å². The molecule has 0 spiro atoms. The first kappa shape index (κ1) is 27.7. The van der Waals surface area contributed by atoms with Gasteiger partial charge in [-0.15, -0.1) is 0 Å². The SMILES string of the molecule is Cc1cnc(C(N)=O)cc1NC(=O)[C@@H]1O[C@@](C)(C(F)(F)F)[C@@H](C)[C@H]1c1ccc(F)c(F)c1O[C@H]1C[C@@H](O)C1. The molecule has 1 aromatic carbocycles. The normalized spacial score (nSPS) is 29.0. The number of aliphatic hydroxyl groups is 1. The number of ether oxygens (including phenoxy) is 2. The smallest absolute Gasteiger partial charge is 0.417 e. The predicted molar refractivity (Wildman–Crippen MR) is 123 cm³/mol. The van der Waals surface area contributed by atoms with Crippen molar-refractivity contribution in [2.24, 2.45) is 11.7 Å². The average Bonchev–Trinajstić information content (AvgIpc) is 3.09. The molecule has 206 valence electrons. The summed E-state index contributed by atoms with van der Waals surface area (Å²) in [4.78, 5) is 28.8. The Morgan fingerprint density at radius 2 is 1.92 bits per heavy atom. The van der Waals surface area contributed by atoms with Crippen LogP contribution in [0.1, 0.15) is 54.2 Å². The molecular weight excluding hydrogens is 517 g/mol. The van der Waals surface area contributed by atoms with E-state index in [1.807, 2.05) is 0 Å². The minimum absolute atomic E-state index is 0.0552. The van der Waals surface area contributed by atoms with Crippen LogP contribution in [0.4, 0.5) is 27.6 Å². The number of amides is 2. The predicted octanol–water partition coefficient (Wildman–Crippen LogP) is 3.75. The van der Waals surface area contributed by atoms with E-state index in [9.17, 15) is 36.6 Å². The monoisotopic (exact) mass is 543 g/mol. The number of rotatable bonds is 6. The fraction of sp³-hybridized carbons (Fsp3) is 0.480. The number of aryl methyl sites for hydroxylation is 1. The van der Waals surface area contributed by atoms with Gasteiger partial charge in [-0.2, -0.15) is 17.6 Å². The largest absolute Gasteiger partial charge is 0.487 e. The molecule has 2 aliphatic rings. The summed E-state index contributed by atoms with van der Waals surface area (Å²) in [6, 6.07) is 2.97. The molecule has 1 saturated carbocycles. The third-order valence-corrected chi connectivity index (χ3v) is 7.33. The van der Waals surface area contributed by atoms with Gasteiger partial charge < -0.3 is 25.6 Å². The third kappa shape index (κ3) is 4.80. The van der Waals surface area contributed by atoms with Gasteiger partial charge in [0.2, 0.25) is 5.82 Å². The van der Waals surface area contributed by atoms with Crippen molar-refractivity contribution in [2.45, 2.75) is 69.6 Å². The second-order valence-corrected chi connectivity index (χ2v) is 9.84. The van der Waals surface area contributed by atoms with Crippen LogP contribution in [0, 0.1) is 24.5 Å². The fourth-order valence-corrected chi connectivity index (χ4v) is 4.75. The minimum atomic E-state index is -4.93. The zero-order valence-corrected chi connectivity index (χ0v) is 20.6. The summed E-state index contributed by atoms with van der Waals surface area (Å²) in [5.41, 5.74) is 2.46. The lowest BCUT2D eigenvalue weighted by molar-refractivity contribution is -0.272. The number of carbonyl (C=O) groups is 2. The lowest BCUT2D eigenvalue weighted by Gasteiger charge is -2.34. The highest BCUT2D eigenvalue weighted by Crippen LogP contribution is 2.55. The molecule has 0 bridgehead atoms. The Bertz CT molecular complexity index is 1270. The minimum Gasteiger partial charge on any atom is -0.487 e. The van der Waals surface area contributed by atoms with E-state index in [0.717, 1.165) is 19.1 Å². The zero-order chi connectivity index (χ0) is 28.2. The maximum absolute atomic E-state index is 15.0. The van der Waals surface area contributed by atoms with Crippen LogP contribution >= 0.6 is 0 Å². The Morgan fingerprint density at radius 3 is 2.50 bits per heavy atom. The number of halogens is 5. The van der Waals surface area contributed by atoms with E-state index < -0.39 is 71.1 Å². The van der Waals surface area contributed by atoms with Crippen molar-refractivity contribution in [3.8, 4) is 5.75 Å². The highest BCUT2D eigenvalue weighted by atomic mass is 19.4. The molecule has 2 aromatic rings. The maximum Gasteiger partial charge on any atom is 0.417 e. The maximum atomic E-state index is 15.0. The van der Waals surface area contributed by atoms with Crippen LogP contribution in [0.15, 0.2) is 24.4 Å². The standard InChI is InChI=1S/C25H26F5N3O5/c1-10-9-32-17(22(31)35)8-16(10)33-23(36)21-18(11(2)24(3,38-21)25(28,29)30)14-4-5-15(26)19(27)20(14)37-13-6-12(34)7-13/h4-5,8-9,11-13,18,21,34H,6-7H2,1-3H3,(H2,31,35)(H,32,33,36)/t11-,12-,13+,18-,21+,24+/m0/s1. The van der Waals surface area contributed by atoms with E-state index >= 15 is 0 Å². The molecule has 4 rings (SSSR count). The van der Waals surface area contributed by atoms with Crippen molar-refractivity contribution >= 4 is 17.5 Å². The fourth-order valence-electron chi connectivity index (χ4n) is 4.75. The molecule has 4 atom stereocenters. The number of nitrogens with two attached hydrogens (primary N) is 1. The van der Waals surface area contributed by atoms with Gasteiger partial charge in [0.05, 0.1) is 6.10 Å². The molecule has 2 heterocycles. The Kier molecular flexibility index (Phi) is 7.12. The number of primary amides is 1. The lowest BCUT2D eigenvalue weighted by Crippen LogP contribution is -2.47. The number of carbonyl (C=O) groups excluding carboxylic acids is 2. The summed E-state index contributed by atoms with van der Waals surface area (Å²) in [7, 11) is 0. The number of nitrogens with zero attached hydrogens (tertiary/aromatic N) is 1. The summed E-state index contributed by atoms with van der Waals surface area (Å²) < 4.78 is 82.7. The molecular formula is C25H26F5N3O5. The van der Waals surface area contributed by atoms with Crippen LogP contribution in [0.5, 0.6) is 5.75 Å². The van der Waals surface area contributed by atoms with E-state index in [1.54, 1.807) is 0 Å². The molecule has 13 heteroatoms. The first-order valence-corrected chi connectivity index (χ1v) is 11.8. The van der Waals surface area contributed by atoms with Gasteiger partial charge in [-0.1, -0.05) is 13.0 Å². The van der Waals surface area contributed by atoms with Crippen molar-refractivity contribution in [1.82, 2.24) is 4.98 Å². The van der Waals surface area contributed by atoms with Crippen LogP contribution in [-0.4, -0.2) is 52.0 Å². The van der Waals surface area contributed by atoms with Gasteiger partial charge in [0, 0.05) is 42.1 Å². The molecule has 1 saturated heterocycles. The van der Waals surface area contributed by atoms with Crippen LogP contribution in [0.3, 0.4) is 0 Å². The van der Waals surface area contributed by atoms with Crippen molar-refractivity contribution in [2.75, 3.05) is 5.32 Å². The second kappa shape index (κ2) is 9.77. The van der Waals surface area contributed by atoms with E-state index in [2.05, 4.69) is 10.3 Å². The third-order valence-electron chi connectivity index (χ3n) is 7.33. The molecule has 8 nitrogen and oxygen atoms in total. The quantitative estimate of drug-likeness (QED) is 0.477. The number of alkyl halides is 3. The summed E-state index contributed by atoms with van der Waals surface area (Å²) in [5, 5.41) is 12.0. The van der Waals surface area contributed by atoms with Gasteiger partial charge >= 0.3 is 6.18 Å². The van der Waals surface area contributed by atoms with Gasteiger partial charge in [-0.25, -0.2) is 4.39 Å². The average molecular weight is 543 g/mol. The van der Waals surface area contributed by atoms with Gasteiger partial charge in [-0.05, 0) is 31.5 Å². The van der Waals surface area contributed by atoms with Gasteiger partial charge in [0.25, 0.3) is 11.8 Å². The van der Waals surface area contributed by atoms with Crippen molar-refractivity contribution in [3.05, 3.63) is 52.9 Å². The number of benzene rings is 1. The summed E-state index contributed by atoms with van der Waals surface area (Å²) in [5.74, 6) is -8.13. The Morgan fingerprint density at radius 1 is 1.26 bits per heavy atom. The number of aromatic nitrogens is 1. The molecule has 1 aliphatic carbocycles. The molecule has 0 radical (unpaired) electrons. The Balaban J connectivity index is 1.77. The number of anilines is 1. The number of hydrogen-bond acceptors (Lipinski definition) is 6. The Hall–Kier alpha value is -3.32. The first-order chi connectivity index (χ1) is 17.6. The topological polar surface area (TPSA) is 124 Å². The van der Waals surface area contributed by atoms with E-state index in [-0.39, 0.29) is 29.8 Å².